The molecule has 0 bridgehead atoms. The van der Waals surface area contributed by atoms with E-state index in [9.17, 15) is 0 Å². The van der Waals surface area contributed by atoms with Crippen LogP contribution in [0.15, 0.2) is 36.5 Å². The van der Waals surface area contributed by atoms with Crippen LogP contribution in [0.25, 0.3) is 0 Å². The number of rotatable bonds is 3. The molecule has 0 spiro atoms. The summed E-state index contributed by atoms with van der Waals surface area (Å²) in [4.78, 5) is 10.6. The van der Waals surface area contributed by atoms with Crippen LogP contribution < -0.4 is 10.2 Å². The average molecular weight is 254 g/mol. The fraction of sp³-hybridized carbons (Fsp3) is 0.333. The van der Waals surface area contributed by atoms with Gasteiger partial charge in [0, 0.05) is 26.3 Å². The van der Waals surface area contributed by atoms with Gasteiger partial charge in [-0.1, -0.05) is 24.3 Å². The minimum atomic E-state index is 0.433. The highest BCUT2D eigenvalue weighted by atomic mass is 15.2. The second kappa shape index (κ2) is 4.88. The molecule has 1 aliphatic carbocycles. The summed E-state index contributed by atoms with van der Waals surface area (Å²) in [6.45, 7) is 0. The molecule has 0 aliphatic heterocycles. The van der Waals surface area contributed by atoms with E-state index in [2.05, 4.69) is 39.6 Å². The fourth-order valence-corrected chi connectivity index (χ4v) is 2.51. The van der Waals surface area contributed by atoms with Crippen molar-refractivity contribution in [3.05, 3.63) is 47.7 Å². The zero-order valence-electron chi connectivity index (χ0n) is 11.3. The third kappa shape index (κ3) is 2.52. The first-order valence-electron chi connectivity index (χ1n) is 6.56. The smallest absolute Gasteiger partial charge is 0.226 e. The minimum Gasteiger partial charge on any atom is -0.367 e. The maximum atomic E-state index is 4.50. The summed E-state index contributed by atoms with van der Waals surface area (Å²) >= 11 is 0. The minimum absolute atomic E-state index is 0.433. The SMILES string of the molecule is CN(C)c1nccc(NC2Cc3ccccc3C2)n1. The van der Waals surface area contributed by atoms with Gasteiger partial charge < -0.3 is 10.2 Å². The fourth-order valence-electron chi connectivity index (χ4n) is 2.51. The maximum Gasteiger partial charge on any atom is 0.226 e. The Morgan fingerprint density at radius 3 is 2.42 bits per heavy atom. The standard InChI is InChI=1S/C15H18N4/c1-19(2)15-16-8-7-14(18-15)17-13-9-11-5-3-4-6-12(11)10-13/h3-8,13H,9-10H2,1-2H3,(H,16,17,18). The molecule has 0 saturated carbocycles. The molecule has 4 heteroatoms. The highest BCUT2D eigenvalue weighted by Crippen LogP contribution is 2.24. The Hall–Kier alpha value is -2.10. The molecule has 0 unspecified atom stereocenters. The lowest BCUT2D eigenvalue weighted by molar-refractivity contribution is 0.767. The number of aromatic nitrogens is 2. The molecule has 0 fully saturated rings. The van der Waals surface area contributed by atoms with E-state index >= 15 is 0 Å². The normalized spacial score (nSPS) is 14.2. The first-order valence-corrected chi connectivity index (χ1v) is 6.56. The Labute approximate surface area is 113 Å². The maximum absolute atomic E-state index is 4.50. The summed E-state index contributed by atoms with van der Waals surface area (Å²) in [5.74, 6) is 1.64. The van der Waals surface area contributed by atoms with Crippen molar-refractivity contribution in [2.24, 2.45) is 0 Å². The van der Waals surface area contributed by atoms with Gasteiger partial charge in [-0.25, -0.2) is 4.98 Å². The van der Waals surface area contributed by atoms with E-state index in [4.69, 9.17) is 0 Å². The Morgan fingerprint density at radius 2 is 1.79 bits per heavy atom. The van der Waals surface area contributed by atoms with Gasteiger partial charge in [0.2, 0.25) is 5.95 Å². The molecule has 2 aromatic rings. The number of benzene rings is 1. The molecule has 3 rings (SSSR count). The number of nitrogens with zero attached hydrogens (tertiary/aromatic N) is 3. The molecular weight excluding hydrogens is 236 g/mol. The summed E-state index contributed by atoms with van der Waals surface area (Å²) < 4.78 is 0. The van der Waals surface area contributed by atoms with Gasteiger partial charge >= 0.3 is 0 Å². The van der Waals surface area contributed by atoms with Gasteiger partial charge in [-0.15, -0.1) is 0 Å². The molecule has 19 heavy (non-hydrogen) atoms. The quantitative estimate of drug-likeness (QED) is 0.911. The molecule has 0 atom stereocenters. The van der Waals surface area contributed by atoms with E-state index < -0.39 is 0 Å². The summed E-state index contributed by atoms with van der Waals surface area (Å²) in [5.41, 5.74) is 2.89. The summed E-state index contributed by atoms with van der Waals surface area (Å²) in [7, 11) is 3.90. The molecule has 0 saturated heterocycles. The second-order valence-electron chi connectivity index (χ2n) is 5.15. The third-order valence-electron chi connectivity index (χ3n) is 3.45. The van der Waals surface area contributed by atoms with E-state index in [1.807, 2.05) is 25.1 Å². The Balaban J connectivity index is 1.72. The summed E-state index contributed by atoms with van der Waals surface area (Å²) in [6, 6.07) is 11.0. The second-order valence-corrected chi connectivity index (χ2v) is 5.15. The molecule has 0 radical (unpaired) electrons. The van der Waals surface area contributed by atoms with Crippen LogP contribution in [0.3, 0.4) is 0 Å². The third-order valence-corrected chi connectivity index (χ3v) is 3.45. The zero-order chi connectivity index (χ0) is 13.2. The van der Waals surface area contributed by atoms with E-state index in [0.717, 1.165) is 24.6 Å². The number of nitrogens with one attached hydrogen (secondary N) is 1. The van der Waals surface area contributed by atoms with Crippen LogP contribution in [0, 0.1) is 0 Å². The largest absolute Gasteiger partial charge is 0.367 e. The van der Waals surface area contributed by atoms with Crippen molar-refractivity contribution in [3.63, 3.8) is 0 Å². The monoisotopic (exact) mass is 254 g/mol. The highest BCUT2D eigenvalue weighted by Gasteiger charge is 2.20. The van der Waals surface area contributed by atoms with E-state index in [1.54, 1.807) is 6.20 Å². The molecule has 1 aromatic carbocycles. The van der Waals surface area contributed by atoms with Crippen LogP contribution in [0.1, 0.15) is 11.1 Å². The Bertz CT molecular complexity index is 555. The van der Waals surface area contributed by atoms with E-state index in [1.165, 1.54) is 11.1 Å². The number of hydrogen-bond acceptors (Lipinski definition) is 4. The Kier molecular flexibility index (Phi) is 3.07. The number of anilines is 2. The van der Waals surface area contributed by atoms with Gasteiger partial charge in [-0.3, -0.25) is 0 Å². The molecule has 1 N–H and O–H groups in total. The summed E-state index contributed by atoms with van der Waals surface area (Å²) in [5, 5.41) is 3.51. The molecular formula is C15H18N4. The van der Waals surface area contributed by atoms with Gasteiger partial charge in [0.15, 0.2) is 0 Å². The van der Waals surface area contributed by atoms with Crippen molar-refractivity contribution in [1.29, 1.82) is 0 Å². The van der Waals surface area contributed by atoms with Crippen molar-refractivity contribution in [2.75, 3.05) is 24.3 Å². The van der Waals surface area contributed by atoms with Crippen LogP contribution >= 0.6 is 0 Å². The van der Waals surface area contributed by atoms with Crippen LogP contribution in [0.4, 0.5) is 11.8 Å². The highest BCUT2D eigenvalue weighted by molar-refractivity contribution is 5.44. The van der Waals surface area contributed by atoms with Gasteiger partial charge in [-0.05, 0) is 30.0 Å². The first kappa shape index (κ1) is 12.0. The van der Waals surface area contributed by atoms with E-state index in [-0.39, 0.29) is 0 Å². The zero-order valence-corrected chi connectivity index (χ0v) is 11.3. The lowest BCUT2D eigenvalue weighted by Crippen LogP contribution is -2.21. The molecule has 1 heterocycles. The molecule has 1 aromatic heterocycles. The van der Waals surface area contributed by atoms with Crippen LogP contribution in [0.2, 0.25) is 0 Å². The predicted molar refractivity (Wildman–Crippen MR) is 77.6 cm³/mol. The lowest BCUT2D eigenvalue weighted by Gasteiger charge is -2.15. The van der Waals surface area contributed by atoms with Gasteiger partial charge in [0.25, 0.3) is 0 Å². The molecule has 98 valence electrons. The number of fused-ring (bicyclic) bond motifs is 1. The van der Waals surface area contributed by atoms with Crippen LogP contribution in [-0.4, -0.2) is 30.1 Å². The molecule has 0 amide bonds. The van der Waals surface area contributed by atoms with Crippen molar-refractivity contribution in [1.82, 2.24) is 9.97 Å². The van der Waals surface area contributed by atoms with Gasteiger partial charge in [-0.2, -0.15) is 4.98 Å². The first-order chi connectivity index (χ1) is 9.22. The van der Waals surface area contributed by atoms with Crippen molar-refractivity contribution in [2.45, 2.75) is 18.9 Å². The van der Waals surface area contributed by atoms with Crippen LogP contribution in [-0.2, 0) is 12.8 Å². The van der Waals surface area contributed by atoms with Crippen molar-refractivity contribution < 1.29 is 0 Å². The van der Waals surface area contributed by atoms with Crippen LogP contribution in [0.5, 0.6) is 0 Å². The average Bonchev–Trinajstić information content (AvgIpc) is 2.81. The summed E-state index contributed by atoms with van der Waals surface area (Å²) in [6.07, 6.45) is 3.93. The Morgan fingerprint density at radius 1 is 1.11 bits per heavy atom. The topological polar surface area (TPSA) is 41.1 Å². The van der Waals surface area contributed by atoms with E-state index in [0.29, 0.717) is 6.04 Å². The lowest BCUT2D eigenvalue weighted by atomic mass is 10.1. The number of hydrogen-bond donors (Lipinski definition) is 1. The van der Waals surface area contributed by atoms with Crippen molar-refractivity contribution >= 4 is 11.8 Å². The molecule has 1 aliphatic rings. The van der Waals surface area contributed by atoms with Gasteiger partial charge in [0.05, 0.1) is 0 Å². The van der Waals surface area contributed by atoms with Gasteiger partial charge in [0.1, 0.15) is 5.82 Å². The predicted octanol–water partition coefficient (Wildman–Crippen LogP) is 2.12. The molecule has 4 nitrogen and oxygen atoms in total. The van der Waals surface area contributed by atoms with Crippen molar-refractivity contribution in [3.8, 4) is 0 Å².